The number of methoxy groups -OCH3 is 1. The van der Waals surface area contributed by atoms with Crippen molar-refractivity contribution in [1.29, 1.82) is 0 Å². The van der Waals surface area contributed by atoms with E-state index in [1.165, 1.54) is 7.11 Å². The highest BCUT2D eigenvalue weighted by atomic mass is 127. The van der Waals surface area contributed by atoms with Crippen molar-refractivity contribution in [3.05, 3.63) is 35.9 Å². The molecule has 20 heavy (non-hydrogen) atoms. The summed E-state index contributed by atoms with van der Waals surface area (Å²) in [6, 6.07) is 8.63. The lowest BCUT2D eigenvalue weighted by molar-refractivity contribution is -0.160. The van der Waals surface area contributed by atoms with E-state index in [0.29, 0.717) is 4.61 Å². The molecule has 0 aliphatic carbocycles. The van der Waals surface area contributed by atoms with Crippen LogP contribution in [-0.4, -0.2) is 41.9 Å². The Balaban J connectivity index is 2.40. The van der Waals surface area contributed by atoms with E-state index in [1.54, 1.807) is 0 Å². The van der Waals surface area contributed by atoms with Crippen LogP contribution in [0.15, 0.2) is 30.3 Å². The number of hydrogen-bond acceptors (Lipinski definition) is 6. The summed E-state index contributed by atoms with van der Waals surface area (Å²) in [6.07, 6.45) is -1.28. The third-order valence-corrected chi connectivity index (χ3v) is 2.88. The number of rotatable bonds is 9. The number of halogens is 1. The second kappa shape index (κ2) is 10.1. The highest BCUT2D eigenvalue weighted by molar-refractivity contribution is 14.1. The largest absolute Gasteiger partial charge is 0.468 e. The van der Waals surface area contributed by atoms with Gasteiger partial charge in [-0.1, -0.05) is 52.9 Å². The van der Waals surface area contributed by atoms with Gasteiger partial charge in [0.05, 0.1) is 24.9 Å². The maximum absolute atomic E-state index is 11.5. The molecular weight excluding hydrogens is 377 g/mol. The standard InChI is InChI=1S/C13H18INO5/c1-18-12(16)11(8-19-9-14)15-13(17)20-7-10-5-3-2-4-6-10/h2-6,11,13,15,17H,7-9H2,1H3/t11-,13?/m1/s1. The fourth-order valence-electron chi connectivity index (χ4n) is 1.46. The second-order valence-corrected chi connectivity index (χ2v) is 4.49. The molecule has 2 atom stereocenters. The number of carbonyl (C=O) groups is 1. The van der Waals surface area contributed by atoms with Gasteiger partial charge in [0.15, 0.2) is 0 Å². The molecule has 6 nitrogen and oxygen atoms in total. The van der Waals surface area contributed by atoms with Gasteiger partial charge in [-0.15, -0.1) is 0 Å². The lowest BCUT2D eigenvalue weighted by Crippen LogP contribution is -2.47. The first-order chi connectivity index (χ1) is 9.67. The minimum atomic E-state index is -1.28. The summed E-state index contributed by atoms with van der Waals surface area (Å²) in [5, 5.41) is 12.3. The zero-order chi connectivity index (χ0) is 14.8. The molecule has 1 rings (SSSR count). The van der Waals surface area contributed by atoms with Crippen molar-refractivity contribution in [1.82, 2.24) is 5.32 Å². The van der Waals surface area contributed by atoms with Gasteiger partial charge in [-0.3, -0.25) is 10.1 Å². The summed E-state index contributed by atoms with van der Waals surface area (Å²) >= 11 is 2.02. The molecule has 0 heterocycles. The van der Waals surface area contributed by atoms with Crippen LogP contribution in [-0.2, 0) is 25.6 Å². The third-order valence-electron chi connectivity index (χ3n) is 2.44. The van der Waals surface area contributed by atoms with E-state index in [2.05, 4.69) is 10.1 Å². The van der Waals surface area contributed by atoms with Crippen molar-refractivity contribution < 1.29 is 24.1 Å². The molecule has 0 aliphatic heterocycles. The average molecular weight is 395 g/mol. The fraction of sp³-hybridized carbons (Fsp3) is 0.462. The van der Waals surface area contributed by atoms with E-state index in [4.69, 9.17) is 9.47 Å². The van der Waals surface area contributed by atoms with E-state index in [-0.39, 0.29) is 13.2 Å². The zero-order valence-electron chi connectivity index (χ0n) is 11.1. The molecule has 112 valence electrons. The van der Waals surface area contributed by atoms with Crippen molar-refractivity contribution in [3.8, 4) is 0 Å². The number of aliphatic hydroxyl groups is 1. The Kier molecular flexibility index (Phi) is 8.70. The van der Waals surface area contributed by atoms with Crippen LogP contribution in [0, 0.1) is 0 Å². The quantitative estimate of drug-likeness (QED) is 0.282. The predicted molar refractivity (Wildman–Crippen MR) is 81.0 cm³/mol. The van der Waals surface area contributed by atoms with Crippen molar-refractivity contribution in [2.75, 3.05) is 18.3 Å². The Labute approximate surface area is 131 Å². The number of esters is 1. The summed E-state index contributed by atoms with van der Waals surface area (Å²) in [6.45, 7) is 0.331. The highest BCUT2D eigenvalue weighted by Crippen LogP contribution is 2.02. The molecule has 7 heteroatoms. The summed E-state index contributed by atoms with van der Waals surface area (Å²) in [4.78, 5) is 11.5. The topological polar surface area (TPSA) is 77.0 Å². The summed E-state index contributed by atoms with van der Waals surface area (Å²) in [5.74, 6) is -0.516. The lowest BCUT2D eigenvalue weighted by Gasteiger charge is -2.20. The van der Waals surface area contributed by atoms with Crippen LogP contribution < -0.4 is 5.32 Å². The van der Waals surface area contributed by atoms with Crippen molar-refractivity contribution in [3.63, 3.8) is 0 Å². The van der Waals surface area contributed by atoms with Gasteiger partial charge in [-0.2, -0.15) is 0 Å². The van der Waals surface area contributed by atoms with Gasteiger partial charge in [0.2, 0.25) is 6.41 Å². The molecule has 0 amide bonds. The number of carbonyl (C=O) groups excluding carboxylic acids is 1. The Bertz CT molecular complexity index is 390. The maximum Gasteiger partial charge on any atom is 0.325 e. The first kappa shape index (κ1) is 17.3. The van der Waals surface area contributed by atoms with Crippen LogP contribution in [0.4, 0.5) is 0 Å². The van der Waals surface area contributed by atoms with Crippen molar-refractivity contribution >= 4 is 28.6 Å². The van der Waals surface area contributed by atoms with Crippen LogP contribution in [0.5, 0.6) is 0 Å². The smallest absolute Gasteiger partial charge is 0.325 e. The summed E-state index contributed by atoms with van der Waals surface area (Å²) in [5.41, 5.74) is 0.923. The van der Waals surface area contributed by atoms with E-state index >= 15 is 0 Å². The molecule has 0 saturated carbocycles. The molecule has 2 N–H and O–H groups in total. The van der Waals surface area contributed by atoms with E-state index < -0.39 is 18.4 Å². The van der Waals surface area contributed by atoms with Crippen LogP contribution in [0.1, 0.15) is 5.56 Å². The highest BCUT2D eigenvalue weighted by Gasteiger charge is 2.22. The van der Waals surface area contributed by atoms with E-state index in [1.807, 2.05) is 52.9 Å². The minimum Gasteiger partial charge on any atom is -0.468 e. The normalized spacial score (nSPS) is 13.8. The van der Waals surface area contributed by atoms with Gasteiger partial charge in [-0.25, -0.2) is 0 Å². The molecule has 1 aromatic rings. The Morgan fingerprint density at radius 3 is 2.70 bits per heavy atom. The van der Waals surface area contributed by atoms with Crippen LogP contribution >= 0.6 is 22.6 Å². The minimum absolute atomic E-state index is 0.0986. The van der Waals surface area contributed by atoms with Crippen molar-refractivity contribution in [2.24, 2.45) is 0 Å². The first-order valence-electron chi connectivity index (χ1n) is 5.98. The molecule has 0 radical (unpaired) electrons. The Morgan fingerprint density at radius 2 is 2.10 bits per heavy atom. The number of nitrogens with one attached hydrogen (secondary N) is 1. The lowest BCUT2D eigenvalue weighted by atomic mass is 10.2. The molecule has 0 bridgehead atoms. The Hall–Kier alpha value is -0.740. The number of aliphatic hydroxyl groups excluding tert-OH is 1. The van der Waals surface area contributed by atoms with Crippen LogP contribution in [0.2, 0.25) is 0 Å². The first-order valence-corrected chi connectivity index (χ1v) is 7.51. The van der Waals surface area contributed by atoms with E-state index in [9.17, 15) is 9.90 Å². The molecule has 0 spiro atoms. The second-order valence-electron chi connectivity index (χ2n) is 3.87. The van der Waals surface area contributed by atoms with Crippen molar-refractivity contribution in [2.45, 2.75) is 19.1 Å². The number of alkyl halides is 1. The molecule has 1 aromatic carbocycles. The number of ether oxygens (including phenoxy) is 3. The van der Waals surface area contributed by atoms with E-state index in [0.717, 1.165) is 5.56 Å². The van der Waals surface area contributed by atoms with Crippen LogP contribution in [0.25, 0.3) is 0 Å². The Morgan fingerprint density at radius 1 is 1.40 bits per heavy atom. The van der Waals surface area contributed by atoms with Gasteiger partial charge < -0.3 is 19.3 Å². The van der Waals surface area contributed by atoms with Gasteiger partial charge in [0.1, 0.15) is 6.04 Å². The molecule has 0 fully saturated rings. The molecule has 0 aliphatic rings. The SMILES string of the molecule is COC(=O)[C@@H](COCI)NC(O)OCc1ccccc1. The monoisotopic (exact) mass is 395 g/mol. The molecule has 0 aromatic heterocycles. The van der Waals surface area contributed by atoms with Gasteiger partial charge in [0.25, 0.3) is 0 Å². The maximum atomic E-state index is 11.5. The third kappa shape index (κ3) is 6.62. The van der Waals surface area contributed by atoms with Crippen LogP contribution in [0.3, 0.4) is 0 Å². The summed E-state index contributed by atoms with van der Waals surface area (Å²) in [7, 11) is 1.28. The summed E-state index contributed by atoms with van der Waals surface area (Å²) < 4.78 is 15.4. The van der Waals surface area contributed by atoms with Gasteiger partial charge >= 0.3 is 5.97 Å². The zero-order valence-corrected chi connectivity index (χ0v) is 13.3. The predicted octanol–water partition coefficient (Wildman–Crippen LogP) is 1.02. The van der Waals surface area contributed by atoms with Gasteiger partial charge in [0, 0.05) is 0 Å². The number of hydrogen-bond donors (Lipinski definition) is 2. The van der Waals surface area contributed by atoms with Gasteiger partial charge in [-0.05, 0) is 5.56 Å². The average Bonchev–Trinajstić information content (AvgIpc) is 2.49. The number of benzene rings is 1. The molecular formula is C13H18INO5. The molecule has 0 saturated heterocycles. The fourth-order valence-corrected chi connectivity index (χ4v) is 1.71. The molecule has 1 unspecified atom stereocenters.